The van der Waals surface area contributed by atoms with E-state index >= 15 is 0 Å². The van der Waals surface area contributed by atoms with Crippen LogP contribution in [0.4, 0.5) is 0 Å². The van der Waals surface area contributed by atoms with Gasteiger partial charge in [-0.25, -0.2) is 0 Å². The largest absolute Gasteiger partial charge is 0.485 e. The van der Waals surface area contributed by atoms with Crippen LogP contribution >= 0.6 is 15.9 Å². The molecule has 210 valence electrons. The molecule has 10 nitrogen and oxygen atoms in total. The van der Waals surface area contributed by atoms with E-state index < -0.39 is 23.8 Å². The van der Waals surface area contributed by atoms with E-state index in [1.165, 1.54) is 0 Å². The fourth-order valence-electron chi connectivity index (χ4n) is 6.10. The molecule has 1 aromatic heterocycles. The number of ether oxygens (including phenoxy) is 1. The number of hydrogen-bond donors (Lipinski definition) is 1. The van der Waals surface area contributed by atoms with E-state index in [-0.39, 0.29) is 24.3 Å². The van der Waals surface area contributed by atoms with E-state index in [2.05, 4.69) is 26.1 Å². The van der Waals surface area contributed by atoms with E-state index in [4.69, 9.17) is 9.26 Å². The molecule has 11 heteroatoms. The minimum Gasteiger partial charge on any atom is -0.485 e. The van der Waals surface area contributed by atoms with Crippen LogP contribution in [-0.2, 0) is 27.4 Å². The standard InChI is InChI=1S/C28H35BrN4O6/c1-16(2)26-30-23(31-39-26)15-38-22-10-9-20(29)19-11-13-33(21(25(19)22)14-32-12-5-8-24(32)34)27(35)17-6-3-4-7-18(17)28(36)37/h9-10,16-18,21H,3-8,11-15H2,1-2H3,(H,36,37)/t17?,18-,21-/m1/s1. The molecule has 2 aliphatic heterocycles. The van der Waals surface area contributed by atoms with E-state index in [1.807, 2.05) is 35.8 Å². The molecule has 1 aliphatic carbocycles. The molecule has 39 heavy (non-hydrogen) atoms. The Kier molecular flexibility index (Phi) is 8.25. The third kappa shape index (κ3) is 5.69. The van der Waals surface area contributed by atoms with Crippen LogP contribution in [-0.4, -0.2) is 62.5 Å². The van der Waals surface area contributed by atoms with Gasteiger partial charge in [-0.3, -0.25) is 14.4 Å². The second-order valence-electron chi connectivity index (χ2n) is 11.0. The van der Waals surface area contributed by atoms with Crippen LogP contribution in [0.25, 0.3) is 0 Å². The van der Waals surface area contributed by atoms with Crippen LogP contribution in [0.5, 0.6) is 5.75 Å². The van der Waals surface area contributed by atoms with E-state index in [9.17, 15) is 19.5 Å². The highest BCUT2D eigenvalue weighted by atomic mass is 79.9. The molecule has 2 aromatic rings. The molecule has 0 bridgehead atoms. The highest BCUT2D eigenvalue weighted by Gasteiger charge is 2.43. The lowest BCUT2D eigenvalue weighted by molar-refractivity contribution is -0.154. The number of hydrogen-bond acceptors (Lipinski definition) is 7. The summed E-state index contributed by atoms with van der Waals surface area (Å²) in [5.74, 6) is -0.584. The topological polar surface area (TPSA) is 126 Å². The van der Waals surface area contributed by atoms with Gasteiger partial charge in [-0.2, -0.15) is 4.98 Å². The Morgan fingerprint density at radius 1 is 1.15 bits per heavy atom. The van der Waals surface area contributed by atoms with Gasteiger partial charge < -0.3 is 24.2 Å². The number of carbonyl (C=O) groups excluding carboxylic acids is 2. The number of fused-ring (bicyclic) bond motifs is 1. The molecule has 1 N–H and O–H groups in total. The van der Waals surface area contributed by atoms with Crippen LogP contribution in [0.15, 0.2) is 21.1 Å². The number of benzene rings is 1. The molecule has 1 aromatic carbocycles. The molecule has 2 fully saturated rings. The molecular formula is C28H35BrN4O6. The van der Waals surface area contributed by atoms with Crippen molar-refractivity contribution >= 4 is 33.7 Å². The molecule has 0 spiro atoms. The summed E-state index contributed by atoms with van der Waals surface area (Å²) in [5, 5.41) is 13.9. The van der Waals surface area contributed by atoms with Gasteiger partial charge in [-0.15, -0.1) is 0 Å². The van der Waals surface area contributed by atoms with Crippen molar-refractivity contribution in [1.29, 1.82) is 0 Å². The van der Waals surface area contributed by atoms with Crippen molar-refractivity contribution in [2.75, 3.05) is 19.6 Å². The van der Waals surface area contributed by atoms with Crippen LogP contribution in [0.2, 0.25) is 0 Å². The summed E-state index contributed by atoms with van der Waals surface area (Å²) in [6.45, 7) is 5.47. The zero-order valence-electron chi connectivity index (χ0n) is 22.4. The zero-order valence-corrected chi connectivity index (χ0v) is 24.0. The molecule has 5 rings (SSSR count). The van der Waals surface area contributed by atoms with E-state index in [1.54, 1.807) is 0 Å². The number of carboxylic acids is 1. The van der Waals surface area contributed by atoms with Gasteiger partial charge >= 0.3 is 5.97 Å². The molecule has 3 aliphatic rings. The summed E-state index contributed by atoms with van der Waals surface area (Å²) < 4.78 is 12.5. The summed E-state index contributed by atoms with van der Waals surface area (Å²) in [5.41, 5.74) is 1.88. The molecule has 3 atom stereocenters. The number of aromatic nitrogens is 2. The van der Waals surface area contributed by atoms with Crippen molar-refractivity contribution in [3.8, 4) is 5.75 Å². The number of carbonyl (C=O) groups is 3. The number of carboxylic acid groups (broad SMARTS) is 1. The molecule has 3 heterocycles. The fourth-order valence-corrected chi connectivity index (χ4v) is 6.65. The molecule has 2 amide bonds. The number of likely N-dealkylation sites (tertiary alicyclic amines) is 1. The quantitative estimate of drug-likeness (QED) is 0.469. The number of amides is 2. The maximum Gasteiger partial charge on any atom is 0.307 e. The Hall–Kier alpha value is -2.95. The van der Waals surface area contributed by atoms with Crippen molar-refractivity contribution < 1.29 is 28.8 Å². The molecule has 1 saturated carbocycles. The van der Waals surface area contributed by atoms with Gasteiger partial charge in [0.2, 0.25) is 23.5 Å². The van der Waals surface area contributed by atoms with Crippen molar-refractivity contribution in [2.24, 2.45) is 11.8 Å². The smallest absolute Gasteiger partial charge is 0.307 e. The first-order valence-electron chi connectivity index (χ1n) is 13.8. The first-order valence-corrected chi connectivity index (χ1v) is 14.6. The van der Waals surface area contributed by atoms with Crippen LogP contribution in [0.1, 0.15) is 87.2 Å². The van der Waals surface area contributed by atoms with Gasteiger partial charge in [-0.05, 0) is 43.4 Å². The van der Waals surface area contributed by atoms with Crippen molar-refractivity contribution in [2.45, 2.75) is 77.4 Å². The van der Waals surface area contributed by atoms with Crippen LogP contribution < -0.4 is 4.74 Å². The molecular weight excluding hydrogens is 568 g/mol. The predicted molar refractivity (Wildman–Crippen MR) is 144 cm³/mol. The lowest BCUT2D eigenvalue weighted by atomic mass is 9.77. The zero-order chi connectivity index (χ0) is 27.7. The minimum absolute atomic E-state index is 0.0704. The van der Waals surface area contributed by atoms with Crippen LogP contribution in [0.3, 0.4) is 0 Å². The molecule has 1 unspecified atom stereocenters. The summed E-state index contributed by atoms with van der Waals surface area (Å²) in [7, 11) is 0. The summed E-state index contributed by atoms with van der Waals surface area (Å²) in [6, 6.07) is 3.34. The van der Waals surface area contributed by atoms with Crippen molar-refractivity contribution in [1.82, 2.24) is 19.9 Å². The maximum absolute atomic E-state index is 14.1. The van der Waals surface area contributed by atoms with Crippen molar-refractivity contribution in [3.05, 3.63) is 39.4 Å². The van der Waals surface area contributed by atoms with E-state index in [0.717, 1.165) is 34.9 Å². The lowest BCUT2D eigenvalue weighted by Gasteiger charge is -2.43. The summed E-state index contributed by atoms with van der Waals surface area (Å²) >= 11 is 3.69. The van der Waals surface area contributed by atoms with Gasteiger partial charge in [0.15, 0.2) is 6.61 Å². The number of rotatable bonds is 8. The lowest BCUT2D eigenvalue weighted by Crippen LogP contribution is -2.50. The number of nitrogens with zero attached hydrogens (tertiary/aromatic N) is 4. The fraction of sp³-hybridized carbons (Fsp3) is 0.607. The normalized spacial score (nSPS) is 23.3. The first kappa shape index (κ1) is 27.6. The highest BCUT2D eigenvalue weighted by molar-refractivity contribution is 9.10. The number of halogens is 1. The summed E-state index contributed by atoms with van der Waals surface area (Å²) in [6.07, 6.45) is 4.59. The Balaban J connectivity index is 1.49. The average molecular weight is 604 g/mol. The Morgan fingerprint density at radius 2 is 1.92 bits per heavy atom. The third-order valence-corrected chi connectivity index (χ3v) is 8.90. The van der Waals surface area contributed by atoms with Gasteiger partial charge in [0.05, 0.1) is 17.9 Å². The highest BCUT2D eigenvalue weighted by Crippen LogP contribution is 2.43. The average Bonchev–Trinajstić information content (AvgIpc) is 3.57. The monoisotopic (exact) mass is 602 g/mol. The first-order chi connectivity index (χ1) is 18.7. The Morgan fingerprint density at radius 3 is 2.59 bits per heavy atom. The Bertz CT molecular complexity index is 1250. The summed E-state index contributed by atoms with van der Waals surface area (Å²) in [4.78, 5) is 46.8. The van der Waals surface area contributed by atoms with Crippen molar-refractivity contribution in [3.63, 3.8) is 0 Å². The second-order valence-corrected chi connectivity index (χ2v) is 11.9. The molecule has 1 saturated heterocycles. The van der Waals surface area contributed by atoms with Gasteiger partial charge in [-0.1, -0.05) is 47.8 Å². The Labute approximate surface area is 236 Å². The predicted octanol–water partition coefficient (Wildman–Crippen LogP) is 4.47. The SMILES string of the molecule is CC(C)c1nc(COc2ccc(Br)c3c2[C@@H](CN2CCCC2=O)N(C(=O)C2CCCC[C@H]2C(=O)O)CC3)no1. The molecule has 0 radical (unpaired) electrons. The van der Waals surface area contributed by atoms with E-state index in [0.29, 0.717) is 62.8 Å². The second kappa shape index (κ2) is 11.7. The van der Waals surface area contributed by atoms with Gasteiger partial charge in [0.1, 0.15) is 5.75 Å². The van der Waals surface area contributed by atoms with Gasteiger partial charge in [0.25, 0.3) is 0 Å². The van der Waals surface area contributed by atoms with Gasteiger partial charge in [0, 0.05) is 42.0 Å². The minimum atomic E-state index is -0.913. The maximum atomic E-state index is 14.1. The number of aliphatic carboxylic acids is 1. The third-order valence-electron chi connectivity index (χ3n) is 8.15. The van der Waals surface area contributed by atoms with Crippen LogP contribution in [0, 0.1) is 11.8 Å².